The lowest BCUT2D eigenvalue weighted by Crippen LogP contribution is -1.98. The zero-order valence-electron chi connectivity index (χ0n) is 76.9. The van der Waals surface area contributed by atoms with Crippen LogP contribution in [0.4, 0.5) is 22.7 Å². The molecule has 4 heterocycles. The summed E-state index contributed by atoms with van der Waals surface area (Å²) >= 11 is 0. The minimum atomic E-state index is 0.539. The SMILES string of the molecule is [C-]#[N+]c1ccc2c(c1)c1cc(C#N)ccc1n2-c1ccc2c(-c3ccc(-c4ccccc4)cc3)c3cc(-n4c5ccc(C#N)cc5c5cc([N+]#[C-])ccc54)ccc3c(-c3ccc(-c4ccccc4)cc3)c2c1.[C-]#[N+]c1ccc2c(c1)c1cc(C#N)ccc1n2-c1ccc2c(-c3cccc(-c4ccccc4)c3)c3cc(-n4c5ccc(C#N)cc5c5cc([N+]#[C-])ccc54)ccc3c(-c3cccc(-c4ccccc4)c3)c2c1. The van der Waals surface area contributed by atoms with Gasteiger partial charge in [-0.05, 0) is 336 Å². The first-order chi connectivity index (χ1) is 71.0. The van der Waals surface area contributed by atoms with Gasteiger partial charge >= 0.3 is 0 Å². The second kappa shape index (κ2) is 34.7. The molecule has 0 aliphatic heterocycles. The average Bonchev–Trinajstić information content (AvgIpc) is 1.22. The molecule has 660 valence electrons. The van der Waals surface area contributed by atoms with E-state index >= 15 is 0 Å². The topological polar surface area (TPSA) is 132 Å². The number of rotatable bonds is 12. The molecule has 0 saturated heterocycles. The van der Waals surface area contributed by atoms with E-state index in [9.17, 15) is 21.0 Å². The van der Waals surface area contributed by atoms with Crippen molar-refractivity contribution in [1.82, 2.24) is 18.3 Å². The molecule has 0 saturated carbocycles. The van der Waals surface area contributed by atoms with Crippen LogP contribution in [0.3, 0.4) is 0 Å². The molecule has 0 N–H and O–H groups in total. The summed E-state index contributed by atoms with van der Waals surface area (Å²) in [5.41, 5.74) is 33.3. The van der Waals surface area contributed by atoms with Gasteiger partial charge in [0.25, 0.3) is 0 Å². The maximum Gasteiger partial charge on any atom is 0.188 e. The Morgan fingerprint density at radius 1 is 0.153 bits per heavy atom. The highest BCUT2D eigenvalue weighted by Crippen LogP contribution is 2.52. The van der Waals surface area contributed by atoms with Gasteiger partial charge in [0, 0.05) is 44.3 Å². The number of aromatic nitrogens is 4. The van der Waals surface area contributed by atoms with Gasteiger partial charge in [0.1, 0.15) is 0 Å². The van der Waals surface area contributed by atoms with Gasteiger partial charge in [-0.3, -0.25) is 0 Å². The third-order valence-corrected chi connectivity index (χ3v) is 28.3. The fourth-order valence-electron chi connectivity index (χ4n) is 21.8. The second-order valence-electron chi connectivity index (χ2n) is 36.2. The lowest BCUT2D eigenvalue weighted by Gasteiger charge is -2.21. The van der Waals surface area contributed by atoms with E-state index in [4.69, 9.17) is 26.3 Å². The Morgan fingerprint density at radius 2 is 0.354 bits per heavy atom. The Balaban J connectivity index is 0.000000151. The third-order valence-electron chi connectivity index (χ3n) is 28.3. The van der Waals surface area contributed by atoms with E-state index in [-0.39, 0.29) is 0 Å². The molecule has 26 rings (SSSR count). The molecule has 0 atom stereocenters. The Morgan fingerprint density at radius 3 is 0.597 bits per heavy atom. The predicted molar refractivity (Wildman–Crippen MR) is 588 cm³/mol. The quantitative estimate of drug-likeness (QED) is 0.0890. The monoisotopic (exact) mass is 1820 g/mol. The number of hydrogen-bond donors (Lipinski definition) is 0. The molecule has 4 aromatic heterocycles. The van der Waals surface area contributed by atoms with Crippen LogP contribution in [0.15, 0.2) is 437 Å². The molecule has 22 aromatic carbocycles. The molecule has 0 bridgehead atoms. The minimum Gasteiger partial charge on any atom is -0.309 e. The lowest BCUT2D eigenvalue weighted by molar-refractivity contribution is 1.18. The lowest BCUT2D eigenvalue weighted by atomic mass is 9.84. The van der Waals surface area contributed by atoms with Crippen LogP contribution in [0, 0.1) is 71.6 Å². The first-order valence-electron chi connectivity index (χ1n) is 47.2. The van der Waals surface area contributed by atoms with Crippen molar-refractivity contribution in [3.8, 4) is 136 Å². The van der Waals surface area contributed by atoms with Gasteiger partial charge in [-0.2, -0.15) is 21.0 Å². The summed E-state index contributed by atoms with van der Waals surface area (Å²) < 4.78 is 9.02. The van der Waals surface area contributed by atoms with Crippen LogP contribution in [-0.4, -0.2) is 18.3 Å². The van der Waals surface area contributed by atoms with Gasteiger partial charge < -0.3 is 18.3 Å². The van der Waals surface area contributed by atoms with E-state index < -0.39 is 0 Å². The smallest absolute Gasteiger partial charge is 0.188 e. The maximum absolute atomic E-state index is 10.0. The van der Waals surface area contributed by atoms with Gasteiger partial charge in [-0.25, -0.2) is 19.4 Å². The number of nitrogens with zero attached hydrogens (tertiary/aromatic N) is 12. The van der Waals surface area contributed by atoms with E-state index in [1.165, 1.54) is 0 Å². The van der Waals surface area contributed by atoms with Crippen molar-refractivity contribution in [1.29, 1.82) is 21.0 Å². The van der Waals surface area contributed by atoms with E-state index in [2.05, 4.69) is 329 Å². The molecule has 0 fully saturated rings. The highest BCUT2D eigenvalue weighted by atomic mass is 15.0. The highest BCUT2D eigenvalue weighted by Gasteiger charge is 2.28. The molecule has 26 aromatic rings. The van der Waals surface area contributed by atoms with Crippen LogP contribution in [0.25, 0.3) is 261 Å². The third kappa shape index (κ3) is 14.1. The van der Waals surface area contributed by atoms with E-state index in [1.54, 1.807) is 0 Å². The van der Waals surface area contributed by atoms with Crippen LogP contribution in [0.1, 0.15) is 22.3 Å². The molecular formula is C132H72N12. The molecule has 0 unspecified atom stereocenters. The van der Waals surface area contributed by atoms with Gasteiger partial charge in [-0.15, -0.1) is 0 Å². The standard InChI is InChI=1S/2C66H36N6/c1-69-49-21-29-63-57(35-49)55-31-41(39-67)19-27-61(55)71(63)51-23-25-53-59(37-51)65(47-17-9-15-45(33-47)43-11-5-3-6-12-43)54-26-24-52(38-60(54)66(53)48-18-10-16-46(34-48)44-13-7-4-8-14-44)72-62-28-20-42(40-68)32-56(62)58-36-50(70-2)22-30-64(58)72;1-69-49-23-31-63-57(35-49)55-33-41(39-67)13-29-61(55)71(63)51-25-27-53-59(37-51)65(47-19-15-45(16-20-47)43-9-5-3-6-10-43)54-28-26-52(38-60(54)66(53)48-21-17-46(18-22-48)44-11-7-4-8-12-44)72-62-30-14-42(40-68)34-56(62)58-36-50(70-2)24-32-64(58)72/h2*3-38H. The molecule has 144 heavy (non-hydrogen) atoms. The molecule has 0 radical (unpaired) electrons. The summed E-state index contributed by atoms with van der Waals surface area (Å²) in [5, 5.41) is 55.8. The number of benzene rings is 22. The van der Waals surface area contributed by atoms with Gasteiger partial charge in [0.05, 0.1) is 117 Å². The van der Waals surface area contributed by atoms with Crippen LogP contribution < -0.4 is 0 Å². The van der Waals surface area contributed by atoms with Gasteiger partial charge in [-0.1, -0.05) is 255 Å². The van der Waals surface area contributed by atoms with Crippen molar-refractivity contribution in [2.45, 2.75) is 0 Å². The molecule has 0 aliphatic carbocycles. The van der Waals surface area contributed by atoms with Crippen molar-refractivity contribution < 1.29 is 0 Å². The van der Waals surface area contributed by atoms with Crippen LogP contribution in [-0.2, 0) is 0 Å². The summed E-state index contributed by atoms with van der Waals surface area (Å²) in [6.45, 7) is 31.4. The Hall–Kier alpha value is -21.0. The largest absolute Gasteiger partial charge is 0.309 e. The molecular weight excluding hydrogens is 1750 g/mol. The minimum absolute atomic E-state index is 0.539. The maximum atomic E-state index is 10.0. The van der Waals surface area contributed by atoms with Crippen molar-refractivity contribution in [3.63, 3.8) is 0 Å². The molecule has 0 spiro atoms. The van der Waals surface area contributed by atoms with Gasteiger partial charge in [0.15, 0.2) is 22.7 Å². The van der Waals surface area contributed by atoms with Crippen molar-refractivity contribution >= 4 is 153 Å². The molecule has 12 nitrogen and oxygen atoms in total. The van der Waals surface area contributed by atoms with Crippen LogP contribution >= 0.6 is 0 Å². The van der Waals surface area contributed by atoms with E-state index in [1.807, 2.05) is 170 Å². The summed E-state index contributed by atoms with van der Waals surface area (Å²) in [7, 11) is 0. The Bertz CT molecular complexity index is 9480. The first kappa shape index (κ1) is 84.7. The zero-order chi connectivity index (χ0) is 96.9. The molecule has 0 amide bonds. The summed E-state index contributed by atoms with van der Waals surface area (Å²) in [6.07, 6.45) is 0. The first-order valence-corrected chi connectivity index (χ1v) is 47.2. The summed E-state index contributed by atoms with van der Waals surface area (Å²) in [5.74, 6) is 0. The van der Waals surface area contributed by atoms with Crippen molar-refractivity contribution in [2.75, 3.05) is 0 Å². The highest BCUT2D eigenvalue weighted by molar-refractivity contribution is 6.26. The molecule has 0 aliphatic rings. The Labute approximate surface area is 827 Å². The van der Waals surface area contributed by atoms with E-state index in [0.29, 0.717) is 45.0 Å². The van der Waals surface area contributed by atoms with Gasteiger partial charge in [0.2, 0.25) is 0 Å². The second-order valence-corrected chi connectivity index (χ2v) is 36.2. The number of fused-ring (bicyclic) bond motifs is 16. The zero-order valence-corrected chi connectivity index (χ0v) is 76.9. The summed E-state index contributed by atoms with van der Waals surface area (Å²) in [6, 6.07) is 160. The van der Waals surface area contributed by atoms with Crippen molar-refractivity contribution in [3.05, 3.63) is 505 Å². The average molecular weight is 1830 g/mol. The predicted octanol–water partition coefficient (Wildman–Crippen LogP) is 35.4. The summed E-state index contributed by atoms with van der Waals surface area (Å²) in [4.78, 5) is 15.1. The van der Waals surface area contributed by atoms with Crippen molar-refractivity contribution in [2.24, 2.45) is 0 Å². The fraction of sp³-hybridized carbons (Fsp3) is 0. The van der Waals surface area contributed by atoms with E-state index in [0.717, 1.165) is 242 Å². The molecule has 12 heteroatoms. The number of hydrogen-bond acceptors (Lipinski definition) is 4. The van der Waals surface area contributed by atoms with Crippen LogP contribution in [0.5, 0.6) is 0 Å². The Kier molecular flexibility index (Phi) is 20.4. The fourth-order valence-corrected chi connectivity index (χ4v) is 21.8. The number of nitriles is 4. The normalized spacial score (nSPS) is 11.3. The van der Waals surface area contributed by atoms with Crippen LogP contribution in [0.2, 0.25) is 0 Å².